The van der Waals surface area contributed by atoms with Gasteiger partial charge in [-0.2, -0.15) is 0 Å². The van der Waals surface area contributed by atoms with Gasteiger partial charge in [-0.1, -0.05) is 6.92 Å². The summed E-state index contributed by atoms with van der Waals surface area (Å²) in [6, 6.07) is 2.00. The second-order valence-electron chi connectivity index (χ2n) is 3.78. The van der Waals surface area contributed by atoms with Gasteiger partial charge in [-0.15, -0.1) is 0 Å². The third kappa shape index (κ3) is 2.33. The van der Waals surface area contributed by atoms with Crippen LogP contribution >= 0.6 is 15.9 Å². The van der Waals surface area contributed by atoms with Crippen LogP contribution in [0.5, 0.6) is 11.5 Å². The van der Waals surface area contributed by atoms with Crippen LogP contribution in [-0.2, 0) is 0 Å². The number of hydrogen-bond acceptors (Lipinski definition) is 3. The van der Waals surface area contributed by atoms with Crippen LogP contribution < -0.4 is 15.2 Å². The van der Waals surface area contributed by atoms with E-state index in [-0.39, 0.29) is 0 Å². The van der Waals surface area contributed by atoms with Crippen molar-refractivity contribution in [2.75, 3.05) is 20.8 Å². The molecule has 0 saturated heterocycles. The lowest BCUT2D eigenvalue weighted by Gasteiger charge is -2.18. The van der Waals surface area contributed by atoms with Gasteiger partial charge in [0, 0.05) is 0 Å². The van der Waals surface area contributed by atoms with Gasteiger partial charge in [0.1, 0.15) is 0 Å². The molecule has 0 saturated carbocycles. The maximum absolute atomic E-state index is 5.70. The summed E-state index contributed by atoms with van der Waals surface area (Å²) in [5.74, 6) is 1.76. The Morgan fingerprint density at radius 1 is 1.38 bits per heavy atom. The molecule has 1 unspecified atom stereocenters. The number of rotatable bonds is 4. The molecular weight excluding hydrogens is 270 g/mol. The standard InChI is InChI=1S/C12H18BrNO2/c1-7(6-14)9-5-10(15-3)12(16-4)11(13)8(9)2/h5,7H,6,14H2,1-4H3. The molecule has 0 aliphatic rings. The van der Waals surface area contributed by atoms with E-state index >= 15 is 0 Å². The van der Waals surface area contributed by atoms with Crippen LogP contribution in [0.15, 0.2) is 10.5 Å². The molecule has 1 aromatic rings. The quantitative estimate of drug-likeness (QED) is 0.926. The number of halogens is 1. The van der Waals surface area contributed by atoms with Gasteiger partial charge in [-0.25, -0.2) is 0 Å². The number of hydrogen-bond donors (Lipinski definition) is 1. The molecule has 16 heavy (non-hydrogen) atoms. The number of nitrogens with two attached hydrogens (primary N) is 1. The molecule has 0 bridgehead atoms. The van der Waals surface area contributed by atoms with E-state index in [9.17, 15) is 0 Å². The second-order valence-corrected chi connectivity index (χ2v) is 4.57. The van der Waals surface area contributed by atoms with E-state index in [4.69, 9.17) is 15.2 Å². The Bertz CT molecular complexity index is 380. The molecule has 1 rings (SSSR count). The van der Waals surface area contributed by atoms with Gasteiger partial charge >= 0.3 is 0 Å². The topological polar surface area (TPSA) is 44.5 Å². The van der Waals surface area contributed by atoms with Crippen LogP contribution in [0.2, 0.25) is 0 Å². The highest BCUT2D eigenvalue weighted by Crippen LogP contribution is 2.41. The van der Waals surface area contributed by atoms with Crippen LogP contribution in [0.3, 0.4) is 0 Å². The minimum Gasteiger partial charge on any atom is -0.493 e. The smallest absolute Gasteiger partial charge is 0.175 e. The zero-order valence-corrected chi connectivity index (χ0v) is 11.7. The van der Waals surface area contributed by atoms with Crippen LogP contribution in [0.4, 0.5) is 0 Å². The van der Waals surface area contributed by atoms with Crippen molar-refractivity contribution in [3.05, 3.63) is 21.7 Å². The van der Waals surface area contributed by atoms with E-state index in [1.165, 1.54) is 5.56 Å². The first-order valence-corrected chi connectivity index (χ1v) is 5.97. The molecule has 0 spiro atoms. The summed E-state index contributed by atoms with van der Waals surface area (Å²) in [4.78, 5) is 0. The molecule has 3 nitrogen and oxygen atoms in total. The van der Waals surface area contributed by atoms with Crippen molar-refractivity contribution in [3.63, 3.8) is 0 Å². The van der Waals surface area contributed by atoms with Gasteiger partial charge in [0.2, 0.25) is 0 Å². The maximum Gasteiger partial charge on any atom is 0.175 e. The average Bonchev–Trinajstić information content (AvgIpc) is 2.31. The lowest BCUT2D eigenvalue weighted by molar-refractivity contribution is 0.352. The first kappa shape index (κ1) is 13.3. The third-order valence-electron chi connectivity index (χ3n) is 2.78. The number of ether oxygens (including phenoxy) is 2. The summed E-state index contributed by atoms with van der Waals surface area (Å²) < 4.78 is 11.6. The van der Waals surface area contributed by atoms with E-state index in [0.29, 0.717) is 12.5 Å². The Morgan fingerprint density at radius 2 is 2.00 bits per heavy atom. The molecule has 0 aliphatic carbocycles. The first-order chi connectivity index (χ1) is 7.56. The first-order valence-electron chi connectivity index (χ1n) is 5.17. The summed E-state index contributed by atoms with van der Waals surface area (Å²) in [5, 5.41) is 0. The molecule has 0 radical (unpaired) electrons. The molecule has 0 heterocycles. The highest BCUT2D eigenvalue weighted by Gasteiger charge is 2.17. The van der Waals surface area contributed by atoms with Crippen molar-refractivity contribution in [1.82, 2.24) is 0 Å². The SMILES string of the molecule is COc1cc(C(C)CN)c(C)c(Br)c1OC. The van der Waals surface area contributed by atoms with Crippen molar-refractivity contribution in [1.29, 1.82) is 0 Å². The molecule has 0 fully saturated rings. The Balaban J connectivity index is 3.38. The maximum atomic E-state index is 5.70. The molecule has 1 aromatic carbocycles. The molecular formula is C12H18BrNO2. The molecule has 0 aliphatic heterocycles. The van der Waals surface area contributed by atoms with E-state index in [0.717, 1.165) is 21.5 Å². The molecule has 2 N–H and O–H groups in total. The summed E-state index contributed by atoms with van der Waals surface area (Å²) in [7, 11) is 3.27. The predicted molar refractivity (Wildman–Crippen MR) is 69.5 cm³/mol. The van der Waals surface area contributed by atoms with Gasteiger partial charge in [-0.3, -0.25) is 0 Å². The van der Waals surface area contributed by atoms with E-state index in [1.54, 1.807) is 14.2 Å². The molecule has 0 aromatic heterocycles. The van der Waals surface area contributed by atoms with Gasteiger partial charge < -0.3 is 15.2 Å². The van der Waals surface area contributed by atoms with E-state index in [2.05, 4.69) is 22.9 Å². The highest BCUT2D eigenvalue weighted by atomic mass is 79.9. The van der Waals surface area contributed by atoms with Crippen molar-refractivity contribution in [2.45, 2.75) is 19.8 Å². The minimum atomic E-state index is 0.302. The van der Waals surface area contributed by atoms with Crippen LogP contribution in [-0.4, -0.2) is 20.8 Å². The van der Waals surface area contributed by atoms with Crippen molar-refractivity contribution in [3.8, 4) is 11.5 Å². The van der Waals surface area contributed by atoms with Crippen LogP contribution in [0, 0.1) is 6.92 Å². The van der Waals surface area contributed by atoms with Gasteiger partial charge in [0.05, 0.1) is 18.7 Å². The number of benzene rings is 1. The summed E-state index contributed by atoms with van der Waals surface area (Å²) in [6.07, 6.45) is 0. The van der Waals surface area contributed by atoms with Gasteiger partial charge in [0.15, 0.2) is 11.5 Å². The lowest BCUT2D eigenvalue weighted by Crippen LogP contribution is -2.11. The normalized spacial score (nSPS) is 12.4. The van der Waals surface area contributed by atoms with Gasteiger partial charge in [0.25, 0.3) is 0 Å². The zero-order valence-electron chi connectivity index (χ0n) is 10.1. The Morgan fingerprint density at radius 3 is 2.44 bits per heavy atom. The Hall–Kier alpha value is -0.740. The minimum absolute atomic E-state index is 0.302. The fourth-order valence-electron chi connectivity index (χ4n) is 1.70. The molecule has 4 heteroatoms. The van der Waals surface area contributed by atoms with E-state index < -0.39 is 0 Å². The van der Waals surface area contributed by atoms with Gasteiger partial charge in [-0.05, 0) is 52.5 Å². The van der Waals surface area contributed by atoms with Crippen LogP contribution in [0.1, 0.15) is 24.0 Å². The van der Waals surface area contributed by atoms with Crippen molar-refractivity contribution < 1.29 is 9.47 Å². The average molecular weight is 288 g/mol. The summed E-state index contributed by atoms with van der Waals surface area (Å²) in [6.45, 7) is 4.76. The second kappa shape index (κ2) is 5.55. The Labute approximate surface area is 105 Å². The van der Waals surface area contributed by atoms with Crippen molar-refractivity contribution >= 4 is 15.9 Å². The third-order valence-corrected chi connectivity index (χ3v) is 3.74. The highest BCUT2D eigenvalue weighted by molar-refractivity contribution is 9.10. The summed E-state index contributed by atoms with van der Waals surface area (Å²) in [5.41, 5.74) is 8.03. The van der Waals surface area contributed by atoms with Crippen LogP contribution in [0.25, 0.3) is 0 Å². The monoisotopic (exact) mass is 287 g/mol. The molecule has 1 atom stereocenters. The zero-order chi connectivity index (χ0) is 12.3. The van der Waals surface area contributed by atoms with E-state index in [1.807, 2.05) is 13.0 Å². The fourth-order valence-corrected chi connectivity index (χ4v) is 2.29. The lowest BCUT2D eigenvalue weighted by atomic mass is 9.96. The summed E-state index contributed by atoms with van der Waals surface area (Å²) >= 11 is 3.53. The molecule has 0 amide bonds. The van der Waals surface area contributed by atoms with Crippen molar-refractivity contribution in [2.24, 2.45) is 5.73 Å². The largest absolute Gasteiger partial charge is 0.493 e. The predicted octanol–water partition coefficient (Wildman–Crippen LogP) is 2.84. The Kier molecular flexibility index (Phi) is 4.62. The fraction of sp³-hybridized carbons (Fsp3) is 0.500. The molecule has 90 valence electrons. The number of methoxy groups -OCH3 is 2.